The van der Waals surface area contributed by atoms with Gasteiger partial charge in [-0.3, -0.25) is 16.2 Å². The molecular weight excluding hydrogens is 303 g/mol. The lowest BCUT2D eigenvalue weighted by atomic mass is 10.2. The Labute approximate surface area is 132 Å². The van der Waals surface area contributed by atoms with Crippen molar-refractivity contribution in [3.63, 3.8) is 0 Å². The molecule has 0 radical (unpaired) electrons. The number of ether oxygens (including phenoxy) is 1. The van der Waals surface area contributed by atoms with E-state index < -0.39 is 23.3 Å². The summed E-state index contributed by atoms with van der Waals surface area (Å²) in [6, 6.07) is 5.13. The minimum Gasteiger partial charge on any atom is -0.444 e. The first-order chi connectivity index (χ1) is 10.6. The van der Waals surface area contributed by atoms with Gasteiger partial charge in [0.2, 0.25) is 5.71 Å². The molecule has 1 amide bonds. The van der Waals surface area contributed by atoms with Gasteiger partial charge in [0.05, 0.1) is 11.4 Å². The zero-order valence-corrected chi connectivity index (χ0v) is 12.9. The number of amidine groups is 1. The summed E-state index contributed by atoms with van der Waals surface area (Å²) in [5.74, 6) is -1.11. The third-order valence-electron chi connectivity index (χ3n) is 2.27. The van der Waals surface area contributed by atoms with Crippen LogP contribution >= 0.6 is 0 Å². The van der Waals surface area contributed by atoms with Crippen molar-refractivity contribution >= 4 is 29.0 Å². The predicted octanol–water partition coefficient (Wildman–Crippen LogP) is 2.40. The number of hydrazone groups is 1. The van der Waals surface area contributed by atoms with Crippen molar-refractivity contribution in [2.75, 3.05) is 10.7 Å². The van der Waals surface area contributed by atoms with E-state index in [0.29, 0.717) is 0 Å². The Kier molecular flexibility index (Phi) is 5.62. The van der Waals surface area contributed by atoms with Crippen LogP contribution in [0.1, 0.15) is 20.8 Å². The second kappa shape index (κ2) is 7.22. The molecule has 1 aromatic rings. The van der Waals surface area contributed by atoms with Crippen LogP contribution in [0.4, 0.5) is 20.6 Å². The standard InChI is InChI=1S/C14H17FN6O2/c1-14(2,3)23-13(22)19-10-6-8(15)4-5-9(10)20-21-11(7-16)12(17)18/h4-6,20H,1-3H3,(H3,17,18)(H,19,22)/b21-11+. The lowest BCUT2D eigenvalue weighted by Gasteiger charge is -2.20. The number of rotatable bonds is 4. The van der Waals surface area contributed by atoms with Crippen LogP contribution in [0.25, 0.3) is 0 Å². The number of benzene rings is 1. The first kappa shape index (κ1) is 17.9. The maximum atomic E-state index is 13.4. The summed E-state index contributed by atoms with van der Waals surface area (Å²) in [5, 5.41) is 21.9. The molecule has 1 aromatic carbocycles. The average molecular weight is 320 g/mol. The lowest BCUT2D eigenvalue weighted by molar-refractivity contribution is 0.0636. The Balaban J connectivity index is 3.00. The molecule has 0 bridgehead atoms. The smallest absolute Gasteiger partial charge is 0.412 e. The topological polar surface area (TPSA) is 136 Å². The van der Waals surface area contributed by atoms with E-state index in [-0.39, 0.29) is 17.1 Å². The van der Waals surface area contributed by atoms with Gasteiger partial charge in [-0.25, -0.2) is 9.18 Å². The van der Waals surface area contributed by atoms with Crippen molar-refractivity contribution in [1.29, 1.82) is 10.7 Å². The van der Waals surface area contributed by atoms with Gasteiger partial charge in [-0.05, 0) is 39.0 Å². The Hall–Kier alpha value is -3.15. The van der Waals surface area contributed by atoms with Gasteiger partial charge in [-0.15, -0.1) is 0 Å². The Bertz CT molecular complexity index is 687. The normalized spacial score (nSPS) is 11.3. The number of nitrogens with two attached hydrogens (primary N) is 1. The van der Waals surface area contributed by atoms with E-state index in [9.17, 15) is 9.18 Å². The monoisotopic (exact) mass is 320 g/mol. The fourth-order valence-corrected chi connectivity index (χ4v) is 1.39. The van der Waals surface area contributed by atoms with Crippen molar-refractivity contribution in [1.82, 2.24) is 0 Å². The van der Waals surface area contributed by atoms with Gasteiger partial charge in [0.25, 0.3) is 0 Å². The van der Waals surface area contributed by atoms with Gasteiger partial charge in [0.1, 0.15) is 17.5 Å². The molecule has 0 atom stereocenters. The maximum absolute atomic E-state index is 13.4. The Morgan fingerprint density at radius 3 is 2.61 bits per heavy atom. The highest BCUT2D eigenvalue weighted by molar-refractivity contribution is 6.45. The van der Waals surface area contributed by atoms with Crippen LogP contribution in [0.5, 0.6) is 0 Å². The summed E-state index contributed by atoms with van der Waals surface area (Å²) in [6.45, 7) is 5.06. The van der Waals surface area contributed by atoms with Gasteiger partial charge >= 0.3 is 6.09 Å². The second-order valence-corrected chi connectivity index (χ2v) is 5.41. The molecule has 0 aliphatic heterocycles. The van der Waals surface area contributed by atoms with Crippen LogP contribution in [-0.2, 0) is 4.74 Å². The number of hydrogen-bond donors (Lipinski definition) is 4. The van der Waals surface area contributed by atoms with E-state index >= 15 is 0 Å². The zero-order chi connectivity index (χ0) is 17.6. The molecule has 0 aromatic heterocycles. The van der Waals surface area contributed by atoms with E-state index in [4.69, 9.17) is 21.1 Å². The van der Waals surface area contributed by atoms with Gasteiger partial charge < -0.3 is 10.5 Å². The number of anilines is 2. The van der Waals surface area contributed by atoms with Crippen molar-refractivity contribution in [2.24, 2.45) is 10.8 Å². The van der Waals surface area contributed by atoms with E-state index in [1.165, 1.54) is 6.07 Å². The SMILES string of the molecule is CC(C)(C)OC(=O)Nc1cc(F)ccc1N/N=C(\C#N)C(=N)N. The maximum Gasteiger partial charge on any atom is 0.412 e. The van der Waals surface area contributed by atoms with Crippen LogP contribution in [0.15, 0.2) is 23.3 Å². The minimum absolute atomic E-state index is 0.0591. The second-order valence-electron chi connectivity index (χ2n) is 5.41. The first-order valence-electron chi connectivity index (χ1n) is 6.50. The molecule has 1 rings (SSSR count). The lowest BCUT2D eigenvalue weighted by Crippen LogP contribution is -2.27. The first-order valence-corrected chi connectivity index (χ1v) is 6.50. The molecule has 0 unspecified atom stereocenters. The summed E-state index contributed by atoms with van der Waals surface area (Å²) in [5.41, 5.74) is 6.81. The van der Waals surface area contributed by atoms with E-state index in [0.717, 1.165) is 12.1 Å². The molecule has 23 heavy (non-hydrogen) atoms. The number of nitrogens with zero attached hydrogens (tertiary/aromatic N) is 2. The molecule has 0 fully saturated rings. The van der Waals surface area contributed by atoms with E-state index in [2.05, 4.69) is 15.8 Å². The van der Waals surface area contributed by atoms with Crippen LogP contribution in [0.3, 0.4) is 0 Å². The molecule has 122 valence electrons. The van der Waals surface area contributed by atoms with Crippen molar-refractivity contribution in [2.45, 2.75) is 26.4 Å². The van der Waals surface area contributed by atoms with Crippen molar-refractivity contribution in [3.8, 4) is 6.07 Å². The highest BCUT2D eigenvalue weighted by atomic mass is 19.1. The van der Waals surface area contributed by atoms with Gasteiger partial charge in [0, 0.05) is 0 Å². The number of halogens is 1. The summed E-state index contributed by atoms with van der Waals surface area (Å²) in [4.78, 5) is 11.8. The zero-order valence-electron chi connectivity index (χ0n) is 12.9. The van der Waals surface area contributed by atoms with Gasteiger partial charge in [0.15, 0.2) is 5.84 Å². The van der Waals surface area contributed by atoms with E-state index in [1.54, 1.807) is 26.8 Å². The van der Waals surface area contributed by atoms with E-state index in [1.807, 2.05) is 0 Å². The third-order valence-corrected chi connectivity index (χ3v) is 2.27. The summed E-state index contributed by atoms with van der Waals surface area (Å²) < 4.78 is 18.4. The summed E-state index contributed by atoms with van der Waals surface area (Å²) in [7, 11) is 0. The Morgan fingerprint density at radius 2 is 2.09 bits per heavy atom. The summed E-state index contributed by atoms with van der Waals surface area (Å²) in [6.07, 6.45) is -0.776. The number of carbonyl (C=O) groups excluding carboxylic acids is 1. The van der Waals surface area contributed by atoms with Crippen molar-refractivity contribution < 1.29 is 13.9 Å². The molecule has 0 heterocycles. The van der Waals surface area contributed by atoms with Gasteiger partial charge in [-0.2, -0.15) is 10.4 Å². The fraction of sp³-hybridized carbons (Fsp3) is 0.286. The van der Waals surface area contributed by atoms with Crippen LogP contribution < -0.4 is 16.5 Å². The number of carbonyl (C=O) groups is 1. The Morgan fingerprint density at radius 1 is 1.43 bits per heavy atom. The largest absolute Gasteiger partial charge is 0.444 e. The van der Waals surface area contributed by atoms with Crippen LogP contribution in [0, 0.1) is 22.6 Å². The van der Waals surface area contributed by atoms with Crippen LogP contribution in [-0.4, -0.2) is 23.2 Å². The molecule has 5 N–H and O–H groups in total. The molecule has 0 aliphatic rings. The minimum atomic E-state index is -0.776. The van der Waals surface area contributed by atoms with Gasteiger partial charge in [-0.1, -0.05) is 0 Å². The fourth-order valence-electron chi connectivity index (χ4n) is 1.39. The molecule has 9 heteroatoms. The molecule has 0 saturated heterocycles. The molecule has 0 saturated carbocycles. The average Bonchev–Trinajstić information content (AvgIpc) is 2.38. The number of hydrogen-bond acceptors (Lipinski definition) is 6. The highest BCUT2D eigenvalue weighted by Gasteiger charge is 2.17. The number of amides is 1. The van der Waals surface area contributed by atoms with Crippen LogP contribution in [0.2, 0.25) is 0 Å². The molecule has 8 nitrogen and oxygen atoms in total. The molecule has 0 spiro atoms. The molecule has 0 aliphatic carbocycles. The quantitative estimate of drug-likeness (QED) is 0.383. The molecular formula is C14H17FN6O2. The number of nitrogens with one attached hydrogen (secondary N) is 3. The highest BCUT2D eigenvalue weighted by Crippen LogP contribution is 2.23. The summed E-state index contributed by atoms with van der Waals surface area (Å²) >= 11 is 0. The predicted molar refractivity (Wildman–Crippen MR) is 84.8 cm³/mol. The third kappa shape index (κ3) is 6.01. The number of nitriles is 1. The van der Waals surface area contributed by atoms with Crippen molar-refractivity contribution in [3.05, 3.63) is 24.0 Å².